The Kier molecular flexibility index (Phi) is 6.23. The molecule has 0 atom stereocenters. The maximum Gasteiger partial charge on any atom is 0.312 e. The average molecular weight is 444 g/mol. The van der Waals surface area contributed by atoms with E-state index >= 15 is 0 Å². The molecule has 8 heteroatoms. The molecule has 0 aliphatic heterocycles. The molecule has 4 fully saturated rings. The highest BCUT2D eigenvalue weighted by atomic mass is 16.5. The summed E-state index contributed by atoms with van der Waals surface area (Å²) in [6.45, 7) is 8.25. The van der Waals surface area contributed by atoms with Gasteiger partial charge in [0.2, 0.25) is 5.88 Å². The van der Waals surface area contributed by atoms with E-state index in [4.69, 9.17) is 10.5 Å². The van der Waals surface area contributed by atoms with Gasteiger partial charge in [-0.15, -0.1) is 0 Å². The Hall–Kier alpha value is -2.51. The van der Waals surface area contributed by atoms with Gasteiger partial charge in [0.25, 0.3) is 5.91 Å². The Labute approximate surface area is 190 Å². The first kappa shape index (κ1) is 22.7. The first-order chi connectivity index (χ1) is 15.1. The summed E-state index contributed by atoms with van der Waals surface area (Å²) in [6.07, 6.45) is 11.4. The van der Waals surface area contributed by atoms with Crippen LogP contribution in [0.1, 0.15) is 70.2 Å². The number of rotatable bonds is 8. The van der Waals surface area contributed by atoms with Gasteiger partial charge in [-0.05, 0) is 81.6 Å². The number of carbonyl (C=O) groups is 2. The van der Waals surface area contributed by atoms with E-state index in [0.717, 1.165) is 11.8 Å². The Morgan fingerprint density at radius 2 is 1.84 bits per heavy atom. The predicted molar refractivity (Wildman–Crippen MR) is 123 cm³/mol. The number of carbonyl (C=O) groups excluding carboxylic acids is 2. The van der Waals surface area contributed by atoms with Crippen LogP contribution in [0.3, 0.4) is 0 Å². The van der Waals surface area contributed by atoms with Crippen molar-refractivity contribution in [3.63, 3.8) is 0 Å². The van der Waals surface area contributed by atoms with Gasteiger partial charge >= 0.3 is 6.03 Å². The Morgan fingerprint density at radius 1 is 1.22 bits per heavy atom. The molecule has 8 nitrogen and oxygen atoms in total. The van der Waals surface area contributed by atoms with Gasteiger partial charge in [0.1, 0.15) is 5.56 Å². The van der Waals surface area contributed by atoms with E-state index in [2.05, 4.69) is 29.6 Å². The maximum absolute atomic E-state index is 13.3. The van der Waals surface area contributed by atoms with Gasteiger partial charge in [0.15, 0.2) is 0 Å². The van der Waals surface area contributed by atoms with Crippen LogP contribution in [0.25, 0.3) is 6.20 Å². The minimum atomic E-state index is -0.671. The van der Waals surface area contributed by atoms with Crippen molar-refractivity contribution in [2.75, 3.05) is 6.61 Å². The molecule has 0 radical (unpaired) electrons. The number of primary amides is 1. The van der Waals surface area contributed by atoms with E-state index in [-0.39, 0.29) is 11.9 Å². The summed E-state index contributed by atoms with van der Waals surface area (Å²) < 4.78 is 7.57. The van der Waals surface area contributed by atoms with Crippen LogP contribution in [0.4, 0.5) is 4.79 Å². The van der Waals surface area contributed by atoms with Gasteiger partial charge < -0.3 is 21.1 Å². The van der Waals surface area contributed by atoms with E-state index in [1.54, 1.807) is 23.2 Å². The van der Waals surface area contributed by atoms with Gasteiger partial charge in [-0.1, -0.05) is 13.8 Å². The number of aromatic nitrogens is 2. The van der Waals surface area contributed by atoms with Crippen molar-refractivity contribution in [2.24, 2.45) is 35.3 Å². The lowest BCUT2D eigenvalue weighted by Crippen LogP contribution is -2.55. The zero-order valence-electron chi connectivity index (χ0n) is 19.6. The lowest BCUT2D eigenvalue weighted by Gasteiger charge is -2.54. The summed E-state index contributed by atoms with van der Waals surface area (Å²) in [4.78, 5) is 24.6. The topological polar surface area (TPSA) is 111 Å². The van der Waals surface area contributed by atoms with Crippen molar-refractivity contribution >= 4 is 18.1 Å². The van der Waals surface area contributed by atoms with Crippen molar-refractivity contribution in [1.82, 2.24) is 20.4 Å². The summed E-state index contributed by atoms with van der Waals surface area (Å²) >= 11 is 0. The number of amides is 3. The second-order valence-corrected chi connectivity index (χ2v) is 11.0. The van der Waals surface area contributed by atoms with Crippen LogP contribution >= 0.6 is 0 Å². The molecule has 5 rings (SSSR count). The smallest absolute Gasteiger partial charge is 0.312 e. The number of urea groups is 1. The number of nitrogens with zero attached hydrogens (tertiary/aromatic N) is 2. The molecule has 0 unspecified atom stereocenters. The van der Waals surface area contributed by atoms with E-state index < -0.39 is 11.6 Å². The van der Waals surface area contributed by atoms with E-state index in [1.807, 2.05) is 13.8 Å². The van der Waals surface area contributed by atoms with E-state index in [1.165, 1.54) is 32.1 Å². The van der Waals surface area contributed by atoms with E-state index in [0.29, 0.717) is 35.8 Å². The molecule has 0 saturated heterocycles. The molecule has 0 spiro atoms. The molecule has 0 aromatic carbocycles. The molecule has 4 N–H and O–H groups in total. The standard InChI is InChI=1S/C24H37N5O3/c1-14(2)13-32-22-19(12-26-29(22)6-5-24(3,4)28-23(25)31)21(30)27-20-17-8-15-7-16(10-17)11-18(20)9-15/h5-6,12,14-18,20H,7-11,13H2,1-4H3,(H,27,30)(H3,25,28,31). The number of nitrogens with two attached hydrogens (primary N) is 1. The Morgan fingerprint density at radius 3 is 2.41 bits per heavy atom. The lowest BCUT2D eigenvalue weighted by atomic mass is 9.54. The average Bonchev–Trinajstić information content (AvgIpc) is 3.09. The third-order valence-corrected chi connectivity index (χ3v) is 7.15. The van der Waals surface area contributed by atoms with Crippen LogP contribution in [0.5, 0.6) is 5.88 Å². The van der Waals surface area contributed by atoms with Gasteiger partial charge in [-0.3, -0.25) is 4.79 Å². The van der Waals surface area contributed by atoms with Crippen LogP contribution in [0, 0.1) is 29.6 Å². The van der Waals surface area contributed by atoms with Crippen molar-refractivity contribution < 1.29 is 14.3 Å². The van der Waals surface area contributed by atoms with Crippen molar-refractivity contribution in [1.29, 1.82) is 0 Å². The SMILES string of the molecule is CC(C)COc1c(C(=O)NC2C3CC4CC(C3)CC2C4)cnn1C=CC(C)(C)NC(N)=O. The summed E-state index contributed by atoms with van der Waals surface area (Å²) in [5.41, 5.74) is 5.04. The Balaban J connectivity index is 1.52. The summed E-state index contributed by atoms with van der Waals surface area (Å²) in [5.74, 6) is 3.54. The van der Waals surface area contributed by atoms with Crippen molar-refractivity contribution in [3.8, 4) is 5.88 Å². The first-order valence-electron chi connectivity index (χ1n) is 11.9. The highest BCUT2D eigenvalue weighted by Gasteiger charge is 2.48. The van der Waals surface area contributed by atoms with Crippen molar-refractivity contribution in [3.05, 3.63) is 17.8 Å². The quantitative estimate of drug-likeness (QED) is 0.572. The molecular formula is C24H37N5O3. The van der Waals surface area contributed by atoms with Crippen LogP contribution in [0.15, 0.2) is 12.3 Å². The number of nitrogens with one attached hydrogen (secondary N) is 2. The van der Waals surface area contributed by atoms with Gasteiger partial charge in [-0.25, -0.2) is 9.48 Å². The molecular weight excluding hydrogens is 406 g/mol. The molecule has 176 valence electrons. The predicted octanol–water partition coefficient (Wildman–Crippen LogP) is 3.39. The Bertz CT molecular complexity index is 860. The van der Waals surface area contributed by atoms with E-state index in [9.17, 15) is 9.59 Å². The van der Waals surface area contributed by atoms with Crippen LogP contribution in [-0.4, -0.2) is 39.9 Å². The lowest BCUT2D eigenvalue weighted by molar-refractivity contribution is -0.0120. The fourth-order valence-corrected chi connectivity index (χ4v) is 6.01. The second kappa shape index (κ2) is 8.79. The van der Waals surface area contributed by atoms with Crippen LogP contribution in [-0.2, 0) is 0 Å². The highest BCUT2D eigenvalue weighted by Crippen LogP contribution is 2.53. The van der Waals surface area contributed by atoms with Crippen LogP contribution in [0.2, 0.25) is 0 Å². The molecule has 4 saturated carbocycles. The normalized spacial score (nSPS) is 29.0. The van der Waals surface area contributed by atoms with Gasteiger partial charge in [0.05, 0.1) is 18.3 Å². The molecule has 32 heavy (non-hydrogen) atoms. The largest absolute Gasteiger partial charge is 0.477 e. The number of hydrogen-bond acceptors (Lipinski definition) is 4. The second-order valence-electron chi connectivity index (χ2n) is 11.0. The van der Waals surface area contributed by atoms with Crippen LogP contribution < -0.4 is 21.1 Å². The first-order valence-corrected chi connectivity index (χ1v) is 11.9. The van der Waals surface area contributed by atoms with Gasteiger partial charge in [0, 0.05) is 12.2 Å². The molecule has 1 heterocycles. The molecule has 4 aliphatic rings. The molecule has 1 aromatic heterocycles. The maximum atomic E-state index is 13.3. The fraction of sp³-hybridized carbons (Fsp3) is 0.708. The fourth-order valence-electron chi connectivity index (χ4n) is 6.01. The minimum Gasteiger partial charge on any atom is -0.477 e. The van der Waals surface area contributed by atoms with Crippen molar-refractivity contribution in [2.45, 2.75) is 71.4 Å². The zero-order chi connectivity index (χ0) is 23.0. The molecule has 4 aliphatic carbocycles. The molecule has 3 amide bonds. The summed E-state index contributed by atoms with van der Waals surface area (Å²) in [6, 6.07) is -0.349. The number of ether oxygens (including phenoxy) is 1. The van der Waals surface area contributed by atoms with Gasteiger partial charge in [-0.2, -0.15) is 5.10 Å². The summed E-state index contributed by atoms with van der Waals surface area (Å²) in [7, 11) is 0. The number of hydrogen-bond donors (Lipinski definition) is 3. The third-order valence-electron chi connectivity index (χ3n) is 7.15. The third kappa shape index (κ3) is 4.94. The zero-order valence-corrected chi connectivity index (χ0v) is 19.6. The minimum absolute atomic E-state index is 0.115. The molecule has 1 aromatic rings. The monoisotopic (exact) mass is 443 g/mol. The molecule has 4 bridgehead atoms. The summed E-state index contributed by atoms with van der Waals surface area (Å²) in [5, 5.41) is 10.4. The highest BCUT2D eigenvalue weighted by molar-refractivity contribution is 5.96.